The van der Waals surface area contributed by atoms with Crippen molar-refractivity contribution in [3.05, 3.63) is 92.2 Å². The first-order chi connectivity index (χ1) is 14.9. The molecule has 1 aromatic heterocycles. The van der Waals surface area contributed by atoms with Gasteiger partial charge in [0.15, 0.2) is 6.61 Å². The fraction of sp³-hybridized carbons (Fsp3) is 0.182. The van der Waals surface area contributed by atoms with Crippen LogP contribution < -0.4 is 5.32 Å². The van der Waals surface area contributed by atoms with Crippen molar-refractivity contribution in [3.8, 4) is 0 Å². The molecule has 1 amide bonds. The summed E-state index contributed by atoms with van der Waals surface area (Å²) in [6, 6.07) is 15.3. The first kappa shape index (κ1) is 22.0. The second-order valence-corrected chi connectivity index (χ2v) is 7.56. The number of nitrogens with one attached hydrogen (secondary N) is 1. The zero-order chi connectivity index (χ0) is 22.2. The number of nitrogens with zero attached hydrogens (tertiary/aromatic N) is 2. The predicted molar refractivity (Wildman–Crippen MR) is 118 cm³/mol. The Morgan fingerprint density at radius 3 is 2.58 bits per heavy atom. The molecule has 0 bridgehead atoms. The van der Waals surface area contributed by atoms with Crippen molar-refractivity contribution in [2.75, 3.05) is 19.0 Å². The summed E-state index contributed by atoms with van der Waals surface area (Å²) in [4.78, 5) is 37.0. The Morgan fingerprint density at radius 2 is 1.90 bits per heavy atom. The molecule has 2 aromatic carbocycles. The number of likely N-dealkylation sites (N-methyl/N-ethyl adjacent to an activating group) is 1. The van der Waals surface area contributed by atoms with E-state index in [2.05, 4.69) is 5.32 Å². The summed E-state index contributed by atoms with van der Waals surface area (Å²) in [5, 5.41) is 18.1. The van der Waals surface area contributed by atoms with Gasteiger partial charge in [-0.05, 0) is 34.0 Å². The predicted octanol–water partition coefficient (Wildman–Crippen LogP) is 4.08. The molecule has 8 nitrogen and oxygen atoms in total. The molecule has 0 spiro atoms. The van der Waals surface area contributed by atoms with Crippen LogP contribution >= 0.6 is 11.3 Å². The number of nitro groups is 1. The number of esters is 1. The molecule has 1 N–H and O–H groups in total. The van der Waals surface area contributed by atoms with Crippen LogP contribution in [0.2, 0.25) is 0 Å². The molecule has 0 aliphatic rings. The van der Waals surface area contributed by atoms with Gasteiger partial charge in [0, 0.05) is 38.0 Å². The second-order valence-electron chi connectivity index (χ2n) is 6.78. The van der Waals surface area contributed by atoms with Crippen molar-refractivity contribution in [2.45, 2.75) is 13.1 Å². The molecule has 0 saturated heterocycles. The van der Waals surface area contributed by atoms with Crippen LogP contribution in [0.1, 0.15) is 21.5 Å². The lowest BCUT2D eigenvalue weighted by molar-refractivity contribution is -0.384. The molecule has 0 atom stereocenters. The van der Waals surface area contributed by atoms with Gasteiger partial charge in [-0.15, -0.1) is 0 Å². The van der Waals surface area contributed by atoms with E-state index in [4.69, 9.17) is 4.74 Å². The number of carbonyl (C=O) groups excluding carboxylic acids is 2. The minimum Gasteiger partial charge on any atom is -0.452 e. The smallest absolute Gasteiger partial charge is 0.341 e. The van der Waals surface area contributed by atoms with Crippen LogP contribution in [-0.4, -0.2) is 35.4 Å². The fourth-order valence-corrected chi connectivity index (χ4v) is 3.48. The van der Waals surface area contributed by atoms with Crippen molar-refractivity contribution < 1.29 is 19.2 Å². The van der Waals surface area contributed by atoms with E-state index in [1.807, 2.05) is 47.2 Å². The molecule has 0 aliphatic heterocycles. The SMILES string of the molecule is CN(Cc1ccsc1)C(=O)COC(=O)c1cc([N+](=O)[O-])ccc1NCc1ccccc1. The number of benzene rings is 2. The molecule has 9 heteroatoms. The molecule has 0 aliphatic carbocycles. The summed E-state index contributed by atoms with van der Waals surface area (Å²) in [5.74, 6) is -1.18. The maximum absolute atomic E-state index is 12.6. The highest BCUT2D eigenvalue weighted by Crippen LogP contribution is 2.24. The number of ether oxygens (including phenoxy) is 1. The number of anilines is 1. The molecule has 160 valence electrons. The molecule has 3 rings (SSSR count). The van der Waals surface area contributed by atoms with Crippen LogP contribution in [0.25, 0.3) is 0 Å². The van der Waals surface area contributed by atoms with E-state index < -0.39 is 17.5 Å². The number of non-ortho nitro benzene ring substituents is 1. The molecular formula is C22H21N3O5S. The van der Waals surface area contributed by atoms with Crippen LogP contribution in [-0.2, 0) is 22.6 Å². The van der Waals surface area contributed by atoms with Crippen LogP contribution in [0.3, 0.4) is 0 Å². The topological polar surface area (TPSA) is 102 Å². The van der Waals surface area contributed by atoms with Crippen molar-refractivity contribution in [1.29, 1.82) is 0 Å². The molecule has 31 heavy (non-hydrogen) atoms. The van der Waals surface area contributed by atoms with Crippen LogP contribution in [0.5, 0.6) is 0 Å². The first-order valence-corrected chi connectivity index (χ1v) is 10.4. The van der Waals surface area contributed by atoms with Crippen molar-refractivity contribution in [2.24, 2.45) is 0 Å². The Hall–Kier alpha value is -3.72. The maximum atomic E-state index is 12.6. The van der Waals surface area contributed by atoms with E-state index in [1.165, 1.54) is 28.4 Å². The van der Waals surface area contributed by atoms with Crippen LogP contribution in [0.4, 0.5) is 11.4 Å². The first-order valence-electron chi connectivity index (χ1n) is 9.42. The van der Waals surface area contributed by atoms with E-state index in [1.54, 1.807) is 7.05 Å². The van der Waals surface area contributed by atoms with E-state index in [-0.39, 0.29) is 17.2 Å². The van der Waals surface area contributed by atoms with Gasteiger partial charge >= 0.3 is 5.97 Å². The lowest BCUT2D eigenvalue weighted by Gasteiger charge is -2.17. The third-order valence-corrected chi connectivity index (χ3v) is 5.24. The van der Waals surface area contributed by atoms with Crippen LogP contribution in [0.15, 0.2) is 65.4 Å². The molecule has 1 heterocycles. The van der Waals surface area contributed by atoms with Gasteiger partial charge < -0.3 is 15.0 Å². The monoisotopic (exact) mass is 439 g/mol. The molecule has 0 saturated carbocycles. The van der Waals surface area contributed by atoms with Crippen molar-refractivity contribution >= 4 is 34.6 Å². The third-order valence-electron chi connectivity index (χ3n) is 4.51. The molecule has 0 fully saturated rings. The minimum absolute atomic E-state index is 0.00146. The van der Waals surface area contributed by atoms with Gasteiger partial charge in [0.05, 0.1) is 10.5 Å². The lowest BCUT2D eigenvalue weighted by Crippen LogP contribution is -2.30. The van der Waals surface area contributed by atoms with Gasteiger partial charge in [-0.3, -0.25) is 14.9 Å². The zero-order valence-corrected chi connectivity index (χ0v) is 17.6. The second kappa shape index (κ2) is 10.4. The highest BCUT2D eigenvalue weighted by molar-refractivity contribution is 7.07. The summed E-state index contributed by atoms with van der Waals surface area (Å²) in [6.07, 6.45) is 0. The largest absolute Gasteiger partial charge is 0.452 e. The third kappa shape index (κ3) is 6.13. The number of nitro benzene ring substituents is 1. The Balaban J connectivity index is 1.68. The van der Waals surface area contributed by atoms with Crippen molar-refractivity contribution in [3.63, 3.8) is 0 Å². The number of hydrogen-bond donors (Lipinski definition) is 1. The number of carbonyl (C=O) groups is 2. The van der Waals surface area contributed by atoms with E-state index in [9.17, 15) is 19.7 Å². The Morgan fingerprint density at radius 1 is 1.13 bits per heavy atom. The Kier molecular flexibility index (Phi) is 7.34. The van der Waals surface area contributed by atoms with Gasteiger partial charge in [0.2, 0.25) is 0 Å². The summed E-state index contributed by atoms with van der Waals surface area (Å²) in [6.45, 7) is 0.363. The number of amides is 1. The van der Waals surface area contributed by atoms with Gasteiger partial charge in [0.25, 0.3) is 11.6 Å². The molecule has 3 aromatic rings. The normalized spacial score (nSPS) is 10.4. The van der Waals surface area contributed by atoms with Crippen molar-refractivity contribution in [1.82, 2.24) is 4.90 Å². The number of thiophene rings is 1. The Labute approximate surface area is 183 Å². The fourth-order valence-electron chi connectivity index (χ4n) is 2.82. The maximum Gasteiger partial charge on any atom is 0.341 e. The highest BCUT2D eigenvalue weighted by Gasteiger charge is 2.20. The molecular weight excluding hydrogens is 418 g/mol. The number of hydrogen-bond acceptors (Lipinski definition) is 7. The van der Waals surface area contributed by atoms with Crippen LogP contribution in [0, 0.1) is 10.1 Å². The average Bonchev–Trinajstić information content (AvgIpc) is 3.29. The van der Waals surface area contributed by atoms with Gasteiger partial charge in [-0.2, -0.15) is 11.3 Å². The summed E-state index contributed by atoms with van der Waals surface area (Å²) in [5.41, 5.74) is 2.11. The van der Waals surface area contributed by atoms with E-state index >= 15 is 0 Å². The molecule has 0 radical (unpaired) electrons. The zero-order valence-electron chi connectivity index (χ0n) is 16.8. The summed E-state index contributed by atoms with van der Waals surface area (Å²) in [7, 11) is 1.62. The van der Waals surface area contributed by atoms with Gasteiger partial charge in [-0.1, -0.05) is 30.3 Å². The van der Waals surface area contributed by atoms with E-state index in [0.717, 1.165) is 17.2 Å². The van der Waals surface area contributed by atoms with Gasteiger partial charge in [-0.25, -0.2) is 4.79 Å². The standard InChI is InChI=1S/C22H21N3O5S/c1-24(13-17-9-10-31-15-17)21(26)14-30-22(27)19-11-18(25(28)29)7-8-20(19)23-12-16-5-3-2-4-6-16/h2-11,15,23H,12-14H2,1H3. The summed E-state index contributed by atoms with van der Waals surface area (Å²) < 4.78 is 5.17. The average molecular weight is 439 g/mol. The number of rotatable bonds is 9. The summed E-state index contributed by atoms with van der Waals surface area (Å²) >= 11 is 1.53. The highest BCUT2D eigenvalue weighted by atomic mass is 32.1. The van der Waals surface area contributed by atoms with Gasteiger partial charge in [0.1, 0.15) is 0 Å². The Bertz CT molecular complexity index is 1050. The molecule has 0 unspecified atom stereocenters. The lowest BCUT2D eigenvalue weighted by atomic mass is 10.1. The minimum atomic E-state index is -0.809. The quantitative estimate of drug-likeness (QED) is 0.306. The van der Waals surface area contributed by atoms with E-state index in [0.29, 0.717) is 18.8 Å².